The van der Waals surface area contributed by atoms with Crippen molar-refractivity contribution in [1.82, 2.24) is 0 Å². The number of halogens is 3. The van der Waals surface area contributed by atoms with Gasteiger partial charge in [-0.15, -0.1) is 0 Å². The molecular formula is C35H34BF3O7S. The van der Waals surface area contributed by atoms with E-state index in [0.29, 0.717) is 17.5 Å². The fourth-order valence-electron chi connectivity index (χ4n) is 4.70. The second-order valence-corrected chi connectivity index (χ2v) is 13.5. The third kappa shape index (κ3) is 8.76. The first-order valence-electron chi connectivity index (χ1n) is 14.7. The molecule has 1 aliphatic heterocycles. The van der Waals surface area contributed by atoms with Crippen molar-refractivity contribution < 1.29 is 44.7 Å². The lowest BCUT2D eigenvalue weighted by Gasteiger charge is -2.32. The molecule has 4 aromatic rings. The number of hydrogen-bond acceptors (Lipinski definition) is 7. The molecule has 5 rings (SSSR count). The molecule has 1 saturated heterocycles. The summed E-state index contributed by atoms with van der Waals surface area (Å²) in [5.41, 5.74) is -1.53. The van der Waals surface area contributed by atoms with Crippen molar-refractivity contribution >= 4 is 35.3 Å². The highest BCUT2D eigenvalue weighted by Crippen LogP contribution is 2.37. The highest BCUT2D eigenvalue weighted by Gasteiger charge is 2.52. The third-order valence-corrected chi connectivity index (χ3v) is 8.94. The lowest BCUT2D eigenvalue weighted by atomic mass is 9.75. The van der Waals surface area contributed by atoms with E-state index in [1.54, 1.807) is 24.3 Å². The molecule has 7 nitrogen and oxygen atoms in total. The van der Waals surface area contributed by atoms with Crippen LogP contribution < -0.4 is 9.65 Å². The summed E-state index contributed by atoms with van der Waals surface area (Å²) < 4.78 is 75.7. The maximum atomic E-state index is 12.4. The van der Waals surface area contributed by atoms with Crippen molar-refractivity contribution in [2.24, 2.45) is 0 Å². The van der Waals surface area contributed by atoms with E-state index in [9.17, 15) is 31.2 Å². The van der Waals surface area contributed by atoms with Gasteiger partial charge in [0.15, 0.2) is 12.0 Å². The zero-order valence-electron chi connectivity index (χ0n) is 26.3. The van der Waals surface area contributed by atoms with Crippen LogP contribution in [0.1, 0.15) is 70.7 Å². The van der Waals surface area contributed by atoms with Crippen LogP contribution in [-0.4, -0.2) is 44.8 Å². The van der Waals surface area contributed by atoms with Gasteiger partial charge in [0.25, 0.3) is 0 Å². The smallest absolute Gasteiger partial charge is 0.399 e. The Morgan fingerprint density at radius 2 is 1.13 bits per heavy atom. The molecule has 0 bridgehead atoms. The molecule has 0 aliphatic carbocycles. The van der Waals surface area contributed by atoms with Gasteiger partial charge in [0.1, 0.15) is 6.29 Å². The first kappa shape index (κ1) is 35.6. The van der Waals surface area contributed by atoms with Crippen molar-refractivity contribution in [3.05, 3.63) is 130 Å². The van der Waals surface area contributed by atoms with Gasteiger partial charge in [-0.2, -0.15) is 21.6 Å². The zero-order chi connectivity index (χ0) is 34.5. The molecule has 0 saturated carbocycles. The molecule has 1 heterocycles. The van der Waals surface area contributed by atoms with Crippen LogP contribution in [0.25, 0.3) is 0 Å². The lowest BCUT2D eigenvalue weighted by molar-refractivity contribution is -0.0500. The predicted molar refractivity (Wildman–Crippen MR) is 173 cm³/mol. The van der Waals surface area contributed by atoms with Crippen LogP contribution in [-0.2, 0) is 32.3 Å². The highest BCUT2D eigenvalue weighted by atomic mass is 32.2. The van der Waals surface area contributed by atoms with Crippen LogP contribution in [0.15, 0.2) is 97.1 Å². The second kappa shape index (κ2) is 14.2. The summed E-state index contributed by atoms with van der Waals surface area (Å²) in [4.78, 5) is 22.3. The van der Waals surface area contributed by atoms with E-state index in [1.165, 1.54) is 17.7 Å². The van der Waals surface area contributed by atoms with Crippen molar-refractivity contribution in [3.8, 4) is 5.75 Å². The van der Waals surface area contributed by atoms with Crippen molar-refractivity contribution in [3.63, 3.8) is 0 Å². The molecule has 4 aromatic carbocycles. The molecule has 0 spiro atoms. The number of hydrogen-bond donors (Lipinski definition) is 0. The van der Waals surface area contributed by atoms with Gasteiger partial charge in [0.05, 0.1) is 16.8 Å². The minimum Gasteiger partial charge on any atom is -0.399 e. The normalized spacial score (nSPS) is 15.3. The molecule has 1 fully saturated rings. The molecule has 47 heavy (non-hydrogen) atoms. The summed E-state index contributed by atoms with van der Waals surface area (Å²) in [6.45, 7) is 8.06. The Balaban J connectivity index is 0.000000213. The first-order valence-corrected chi connectivity index (χ1v) is 16.1. The molecule has 1 aliphatic rings. The third-order valence-electron chi connectivity index (χ3n) is 7.98. The van der Waals surface area contributed by atoms with Crippen LogP contribution in [0.2, 0.25) is 0 Å². The molecule has 0 aromatic heterocycles. The summed E-state index contributed by atoms with van der Waals surface area (Å²) in [5, 5.41) is 0. The van der Waals surface area contributed by atoms with Gasteiger partial charge in [-0.1, -0.05) is 84.9 Å². The SMILES string of the molecule is CC1(C)OB(c2cc(Cc3ccccc3)ccc2C=O)OC1(C)C.O=Cc1ccc(Cc2ccccc2)cc1OS(=O)(=O)C(F)(F)F. The van der Waals surface area contributed by atoms with Crippen molar-refractivity contribution in [1.29, 1.82) is 0 Å². The quantitative estimate of drug-likeness (QED) is 0.0849. The Kier molecular flexibility index (Phi) is 10.8. The van der Waals surface area contributed by atoms with E-state index in [-0.39, 0.29) is 11.8 Å². The predicted octanol–water partition coefficient (Wildman–Crippen LogP) is 6.71. The lowest BCUT2D eigenvalue weighted by Crippen LogP contribution is -2.41. The Bertz CT molecular complexity index is 1790. The molecule has 12 heteroatoms. The fraction of sp³-hybridized carbons (Fsp3) is 0.257. The van der Waals surface area contributed by atoms with E-state index in [2.05, 4.69) is 16.3 Å². The Labute approximate surface area is 273 Å². The van der Waals surface area contributed by atoms with Crippen LogP contribution in [0.4, 0.5) is 13.2 Å². The molecule has 0 amide bonds. The van der Waals surface area contributed by atoms with Crippen molar-refractivity contribution in [2.45, 2.75) is 57.2 Å². The van der Waals surface area contributed by atoms with Gasteiger partial charge in [-0.25, -0.2) is 0 Å². The Morgan fingerprint density at radius 3 is 1.57 bits per heavy atom. The van der Waals surface area contributed by atoms with Crippen LogP contribution in [0, 0.1) is 0 Å². The summed E-state index contributed by atoms with van der Waals surface area (Å²) >= 11 is 0. The van der Waals surface area contributed by atoms with Crippen LogP contribution in [0.3, 0.4) is 0 Å². The molecular weight excluding hydrogens is 632 g/mol. The minimum atomic E-state index is -5.83. The van der Waals surface area contributed by atoms with Gasteiger partial charge < -0.3 is 13.5 Å². The Morgan fingerprint density at radius 1 is 0.681 bits per heavy atom. The Hall–Kier alpha value is -4.26. The maximum Gasteiger partial charge on any atom is 0.534 e. The largest absolute Gasteiger partial charge is 0.534 e. The second-order valence-electron chi connectivity index (χ2n) is 12.0. The van der Waals surface area contributed by atoms with Gasteiger partial charge >= 0.3 is 22.7 Å². The van der Waals surface area contributed by atoms with Crippen LogP contribution in [0.5, 0.6) is 5.75 Å². The monoisotopic (exact) mass is 666 g/mol. The van der Waals surface area contributed by atoms with Gasteiger partial charge in [0, 0.05) is 5.56 Å². The average molecular weight is 667 g/mol. The van der Waals surface area contributed by atoms with E-state index in [4.69, 9.17) is 9.31 Å². The summed E-state index contributed by atoms with van der Waals surface area (Å²) in [6, 6.07) is 29.0. The first-order chi connectivity index (χ1) is 22.0. The molecule has 246 valence electrons. The topological polar surface area (TPSA) is 96.0 Å². The summed E-state index contributed by atoms with van der Waals surface area (Å²) in [7, 11) is -6.35. The molecule has 0 radical (unpaired) electrons. The highest BCUT2D eigenvalue weighted by molar-refractivity contribution is 7.88. The summed E-state index contributed by atoms with van der Waals surface area (Å²) in [5.74, 6) is -0.647. The van der Waals surface area contributed by atoms with Crippen molar-refractivity contribution in [2.75, 3.05) is 0 Å². The average Bonchev–Trinajstić information content (AvgIpc) is 3.24. The maximum absolute atomic E-state index is 12.4. The summed E-state index contributed by atoms with van der Waals surface area (Å²) in [6.07, 6.45) is 2.26. The number of carbonyl (C=O) groups is 2. The number of carbonyl (C=O) groups excluding carboxylic acids is 2. The van der Waals surface area contributed by atoms with E-state index >= 15 is 0 Å². The van der Waals surface area contributed by atoms with Gasteiger partial charge in [-0.3, -0.25) is 9.59 Å². The standard InChI is InChI=1S/C20H23BO3.C15H11F3O4S/c1-19(2)20(3,4)24-21(23-19)18-13-16(10-11-17(18)14-22)12-15-8-6-5-7-9-15;16-15(17,18)23(20,21)22-14-9-12(6-7-13(14)10-19)8-11-4-2-1-3-5-11/h5-11,13-14H,12H2,1-4H3;1-7,9-10H,8H2. The van der Waals surface area contributed by atoms with E-state index in [1.807, 2.05) is 70.2 Å². The molecule has 0 atom stereocenters. The minimum absolute atomic E-state index is 0.230. The van der Waals surface area contributed by atoms with Gasteiger partial charge in [0.2, 0.25) is 0 Å². The number of benzene rings is 4. The number of rotatable bonds is 9. The number of aldehydes is 2. The van der Waals surface area contributed by atoms with E-state index in [0.717, 1.165) is 35.4 Å². The number of alkyl halides is 3. The van der Waals surface area contributed by atoms with E-state index < -0.39 is 39.7 Å². The fourth-order valence-corrected chi connectivity index (χ4v) is 5.18. The molecule has 0 unspecified atom stereocenters. The van der Waals surface area contributed by atoms with Gasteiger partial charge in [-0.05, 0) is 80.4 Å². The zero-order valence-corrected chi connectivity index (χ0v) is 27.1. The molecule has 0 N–H and O–H groups in total. The van der Waals surface area contributed by atoms with Crippen LogP contribution >= 0.6 is 0 Å².